The van der Waals surface area contributed by atoms with Crippen molar-refractivity contribution in [1.29, 1.82) is 0 Å². The summed E-state index contributed by atoms with van der Waals surface area (Å²) in [6, 6.07) is 10.3. The molecule has 1 heterocycles. The predicted molar refractivity (Wildman–Crippen MR) is 114 cm³/mol. The molecule has 30 heavy (non-hydrogen) atoms. The fraction of sp³-hybridized carbons (Fsp3) is 0.300. The van der Waals surface area contributed by atoms with E-state index < -0.39 is 21.9 Å². The molecule has 0 aliphatic carbocycles. The Morgan fingerprint density at radius 3 is 2.50 bits per heavy atom. The van der Waals surface area contributed by atoms with Crippen molar-refractivity contribution in [3.05, 3.63) is 58.1 Å². The minimum Gasteiger partial charge on any atom is -0.465 e. The topological polar surface area (TPSA) is 92.8 Å². The number of nitrogens with zero attached hydrogens (tertiary/aromatic N) is 1. The van der Waals surface area contributed by atoms with Crippen molar-refractivity contribution >= 4 is 50.8 Å². The standard InChI is InChI=1S/C20H20Cl2N2O5S/c1-29-20(26)13-4-9-17(22)18(11-13)23-19(25)14-3-2-10-24(12-14)30(27,28)16-7-5-15(21)6-8-16/h4-9,11,14H,2-3,10,12H2,1H3,(H,23,25). The quantitative estimate of drug-likeness (QED) is 0.670. The second kappa shape index (κ2) is 9.34. The van der Waals surface area contributed by atoms with Crippen molar-refractivity contribution in [3.8, 4) is 0 Å². The summed E-state index contributed by atoms with van der Waals surface area (Å²) in [6.07, 6.45) is 1.08. The number of anilines is 1. The highest BCUT2D eigenvalue weighted by molar-refractivity contribution is 7.89. The summed E-state index contributed by atoms with van der Waals surface area (Å²) in [5, 5.41) is 3.40. The summed E-state index contributed by atoms with van der Waals surface area (Å²) in [4.78, 5) is 24.6. The molecule has 1 fully saturated rings. The van der Waals surface area contributed by atoms with Gasteiger partial charge in [-0.3, -0.25) is 4.79 Å². The molecule has 0 aromatic heterocycles. The number of carbonyl (C=O) groups excluding carboxylic acids is 2. The number of methoxy groups -OCH3 is 1. The van der Waals surface area contributed by atoms with E-state index in [1.165, 1.54) is 53.9 Å². The Hall–Kier alpha value is -2.13. The zero-order valence-corrected chi connectivity index (χ0v) is 18.4. The smallest absolute Gasteiger partial charge is 0.337 e. The van der Waals surface area contributed by atoms with Crippen LogP contribution in [0, 0.1) is 5.92 Å². The number of hydrogen-bond acceptors (Lipinski definition) is 5. The lowest BCUT2D eigenvalue weighted by molar-refractivity contribution is -0.120. The summed E-state index contributed by atoms with van der Waals surface area (Å²) in [5.41, 5.74) is 0.509. The average Bonchev–Trinajstić information content (AvgIpc) is 2.75. The van der Waals surface area contributed by atoms with Gasteiger partial charge in [0.1, 0.15) is 0 Å². The van der Waals surface area contributed by atoms with Crippen LogP contribution in [0.2, 0.25) is 10.0 Å². The molecule has 1 unspecified atom stereocenters. The van der Waals surface area contributed by atoms with Gasteiger partial charge in [-0.1, -0.05) is 23.2 Å². The van der Waals surface area contributed by atoms with Gasteiger partial charge in [0, 0.05) is 18.1 Å². The highest BCUT2D eigenvalue weighted by Crippen LogP contribution is 2.28. The van der Waals surface area contributed by atoms with Gasteiger partial charge < -0.3 is 10.1 Å². The molecule has 0 saturated carbocycles. The van der Waals surface area contributed by atoms with Crippen molar-refractivity contribution in [2.45, 2.75) is 17.7 Å². The van der Waals surface area contributed by atoms with Crippen molar-refractivity contribution in [2.75, 3.05) is 25.5 Å². The van der Waals surface area contributed by atoms with Gasteiger partial charge in [-0.15, -0.1) is 0 Å². The van der Waals surface area contributed by atoms with E-state index >= 15 is 0 Å². The molecule has 1 aliphatic heterocycles. The summed E-state index contributed by atoms with van der Waals surface area (Å²) < 4.78 is 31.8. The van der Waals surface area contributed by atoms with E-state index in [1.54, 1.807) is 0 Å². The minimum atomic E-state index is -3.74. The second-order valence-corrected chi connectivity index (χ2v) is 9.61. The number of carbonyl (C=O) groups is 2. The normalized spacial score (nSPS) is 17.4. The maximum atomic E-state index is 12.9. The first kappa shape index (κ1) is 22.6. The van der Waals surface area contributed by atoms with E-state index in [9.17, 15) is 18.0 Å². The Morgan fingerprint density at radius 1 is 1.13 bits per heavy atom. The highest BCUT2D eigenvalue weighted by Gasteiger charge is 2.33. The van der Waals surface area contributed by atoms with Crippen LogP contribution in [0.15, 0.2) is 47.4 Å². The molecule has 1 atom stereocenters. The lowest BCUT2D eigenvalue weighted by Crippen LogP contribution is -2.43. The van der Waals surface area contributed by atoms with Gasteiger partial charge in [0.05, 0.1) is 34.2 Å². The van der Waals surface area contributed by atoms with Crippen LogP contribution in [0.4, 0.5) is 5.69 Å². The van der Waals surface area contributed by atoms with Crippen molar-refractivity contribution in [1.82, 2.24) is 4.31 Å². The zero-order chi connectivity index (χ0) is 21.9. The number of esters is 1. The second-order valence-electron chi connectivity index (χ2n) is 6.83. The molecule has 2 aromatic carbocycles. The third kappa shape index (κ3) is 4.95. The monoisotopic (exact) mass is 470 g/mol. The molecule has 0 bridgehead atoms. The molecule has 7 nitrogen and oxygen atoms in total. The lowest BCUT2D eigenvalue weighted by atomic mass is 9.98. The molecular formula is C20H20Cl2N2O5S. The highest BCUT2D eigenvalue weighted by atomic mass is 35.5. The summed E-state index contributed by atoms with van der Waals surface area (Å²) in [7, 11) is -2.48. The van der Waals surface area contributed by atoms with Crippen molar-refractivity contribution in [3.63, 3.8) is 0 Å². The molecule has 2 aromatic rings. The van der Waals surface area contributed by atoms with E-state index in [-0.39, 0.29) is 33.6 Å². The van der Waals surface area contributed by atoms with Gasteiger partial charge in [-0.25, -0.2) is 13.2 Å². The molecular weight excluding hydrogens is 451 g/mol. The van der Waals surface area contributed by atoms with E-state index in [1.807, 2.05) is 0 Å². The zero-order valence-electron chi connectivity index (χ0n) is 16.1. The molecule has 160 valence electrons. The number of benzene rings is 2. The fourth-order valence-corrected chi connectivity index (χ4v) is 5.05. The number of ether oxygens (including phenoxy) is 1. The minimum absolute atomic E-state index is 0.0467. The van der Waals surface area contributed by atoms with Crippen molar-refractivity contribution < 1.29 is 22.7 Å². The first-order valence-corrected chi connectivity index (χ1v) is 11.4. The van der Waals surface area contributed by atoms with E-state index in [4.69, 9.17) is 23.2 Å². The Kier molecular flexibility index (Phi) is 7.02. The maximum Gasteiger partial charge on any atom is 0.337 e. The maximum absolute atomic E-state index is 12.9. The largest absolute Gasteiger partial charge is 0.465 e. The van der Waals surface area contributed by atoms with Crippen LogP contribution in [0.25, 0.3) is 0 Å². The van der Waals surface area contributed by atoms with Crippen LogP contribution in [-0.4, -0.2) is 44.8 Å². The first-order chi connectivity index (χ1) is 14.2. The first-order valence-electron chi connectivity index (χ1n) is 9.17. The number of piperidine rings is 1. The third-order valence-corrected chi connectivity index (χ3v) is 7.31. The number of sulfonamides is 1. The van der Waals surface area contributed by atoms with Gasteiger partial charge in [-0.2, -0.15) is 4.31 Å². The van der Waals surface area contributed by atoms with Gasteiger partial charge in [0.15, 0.2) is 0 Å². The number of halogens is 2. The third-order valence-electron chi connectivity index (χ3n) is 4.85. The molecule has 0 spiro atoms. The SMILES string of the molecule is COC(=O)c1ccc(Cl)c(NC(=O)C2CCCN(S(=O)(=O)c3ccc(Cl)cc3)C2)c1. The lowest BCUT2D eigenvalue weighted by Gasteiger charge is -2.31. The van der Waals surface area contributed by atoms with E-state index in [2.05, 4.69) is 10.1 Å². The molecule has 1 amide bonds. The van der Waals surface area contributed by atoms with Crippen LogP contribution < -0.4 is 5.32 Å². The molecule has 0 radical (unpaired) electrons. The molecule has 1 aliphatic rings. The summed E-state index contributed by atoms with van der Waals surface area (Å²) in [5.74, 6) is -1.48. The van der Waals surface area contributed by atoms with Gasteiger partial charge in [0.2, 0.25) is 15.9 Å². The predicted octanol–water partition coefficient (Wildman–Crippen LogP) is 3.82. The fourth-order valence-electron chi connectivity index (χ4n) is 3.23. The van der Waals surface area contributed by atoms with E-state index in [0.717, 1.165) is 0 Å². The molecule has 1 saturated heterocycles. The Balaban J connectivity index is 1.75. The molecule has 1 N–H and O–H groups in total. The number of amides is 1. The van der Waals surface area contributed by atoms with Crippen molar-refractivity contribution in [2.24, 2.45) is 5.92 Å². The Labute approximate surface area is 185 Å². The van der Waals surface area contributed by atoms with Crippen LogP contribution in [0.3, 0.4) is 0 Å². The van der Waals surface area contributed by atoms with Gasteiger partial charge in [-0.05, 0) is 55.3 Å². The van der Waals surface area contributed by atoms with Gasteiger partial charge >= 0.3 is 5.97 Å². The van der Waals surface area contributed by atoms with E-state index in [0.29, 0.717) is 24.4 Å². The summed E-state index contributed by atoms with van der Waals surface area (Å²) in [6.45, 7) is 0.373. The molecule has 3 rings (SSSR count). The van der Waals surface area contributed by atoms with Crippen LogP contribution in [0.1, 0.15) is 23.2 Å². The summed E-state index contributed by atoms with van der Waals surface area (Å²) >= 11 is 12.0. The van der Waals surface area contributed by atoms with Crippen LogP contribution in [-0.2, 0) is 19.6 Å². The number of rotatable bonds is 5. The number of hydrogen-bond donors (Lipinski definition) is 1. The van der Waals surface area contributed by atoms with Crippen LogP contribution in [0.5, 0.6) is 0 Å². The number of nitrogens with one attached hydrogen (secondary N) is 1. The molecule has 10 heteroatoms. The average molecular weight is 471 g/mol. The van der Waals surface area contributed by atoms with Gasteiger partial charge in [0.25, 0.3) is 0 Å². The Bertz CT molecular complexity index is 1060. The van der Waals surface area contributed by atoms with Crippen LogP contribution >= 0.6 is 23.2 Å². The Morgan fingerprint density at radius 2 is 1.83 bits per heavy atom.